The summed E-state index contributed by atoms with van der Waals surface area (Å²) in [5, 5.41) is 20.0. The van der Waals surface area contributed by atoms with Crippen molar-refractivity contribution < 1.29 is 33.7 Å². The number of aliphatic hydroxyl groups is 1. The molecule has 12 nitrogen and oxygen atoms in total. The number of aliphatic hydroxyl groups excluding tert-OH is 1. The van der Waals surface area contributed by atoms with Crippen molar-refractivity contribution in [2.24, 2.45) is 5.92 Å². The van der Waals surface area contributed by atoms with Gasteiger partial charge >= 0.3 is 12.1 Å². The number of tetrazole rings is 1. The SMILES string of the molecule is CCOC(=O)OC(C)OC(=O)C1(CCn2cnnn2)CN2C(=O)[C@H](CO)[C@H]2S1. The summed E-state index contributed by atoms with van der Waals surface area (Å²) < 4.78 is 15.2. The van der Waals surface area contributed by atoms with Crippen LogP contribution >= 0.6 is 11.8 Å². The fourth-order valence-corrected chi connectivity index (χ4v) is 4.82. The number of amides is 1. The molecule has 13 heteroatoms. The first-order valence-corrected chi connectivity index (χ1v) is 9.62. The molecule has 1 N–H and O–H groups in total. The van der Waals surface area contributed by atoms with Crippen LogP contribution in [-0.2, 0) is 30.3 Å². The van der Waals surface area contributed by atoms with Gasteiger partial charge in [0.05, 0.1) is 24.5 Å². The molecule has 2 saturated heterocycles. The number of carbonyl (C=O) groups excluding carboxylic acids is 3. The molecule has 1 aromatic rings. The first kappa shape index (κ1) is 20.3. The quantitative estimate of drug-likeness (QED) is 0.329. The molecule has 154 valence electrons. The first-order valence-electron chi connectivity index (χ1n) is 8.74. The number of ether oxygens (including phenoxy) is 3. The molecular formula is C15H21N5O7S. The molecule has 2 unspecified atom stereocenters. The molecule has 0 aromatic carbocycles. The summed E-state index contributed by atoms with van der Waals surface area (Å²) >= 11 is 1.26. The molecule has 0 spiro atoms. The number of aryl methyl sites for hydroxylation is 1. The Kier molecular flexibility index (Phi) is 6.03. The lowest BCUT2D eigenvalue weighted by Crippen LogP contribution is -2.58. The monoisotopic (exact) mass is 415 g/mol. The number of hydrogen-bond acceptors (Lipinski definition) is 11. The van der Waals surface area contributed by atoms with E-state index in [1.54, 1.807) is 11.8 Å². The van der Waals surface area contributed by atoms with E-state index in [4.69, 9.17) is 9.47 Å². The predicted octanol–water partition coefficient (Wildman–Crippen LogP) is -0.612. The van der Waals surface area contributed by atoms with Crippen molar-refractivity contribution in [3.63, 3.8) is 0 Å². The largest absolute Gasteiger partial charge is 0.511 e. The Balaban J connectivity index is 1.70. The van der Waals surface area contributed by atoms with E-state index in [0.717, 1.165) is 0 Å². The van der Waals surface area contributed by atoms with E-state index >= 15 is 0 Å². The zero-order valence-corrected chi connectivity index (χ0v) is 16.2. The van der Waals surface area contributed by atoms with Gasteiger partial charge in [0.25, 0.3) is 0 Å². The number of esters is 1. The maximum Gasteiger partial charge on any atom is 0.511 e. The van der Waals surface area contributed by atoms with Gasteiger partial charge in [0.2, 0.25) is 12.2 Å². The minimum atomic E-state index is -1.16. The van der Waals surface area contributed by atoms with E-state index in [1.807, 2.05) is 0 Å². The van der Waals surface area contributed by atoms with Gasteiger partial charge < -0.3 is 24.2 Å². The van der Waals surface area contributed by atoms with E-state index in [0.29, 0.717) is 6.54 Å². The molecule has 4 atom stereocenters. The third-order valence-corrected chi connectivity index (χ3v) is 6.30. The van der Waals surface area contributed by atoms with Gasteiger partial charge in [-0.25, -0.2) is 9.48 Å². The molecule has 2 aliphatic rings. The van der Waals surface area contributed by atoms with Gasteiger partial charge in [0.15, 0.2) is 0 Å². The fraction of sp³-hybridized carbons (Fsp3) is 0.733. The van der Waals surface area contributed by atoms with E-state index < -0.39 is 29.1 Å². The molecule has 2 fully saturated rings. The van der Waals surface area contributed by atoms with Crippen LogP contribution in [0.15, 0.2) is 6.33 Å². The normalized spacial score (nSPS) is 27.0. The van der Waals surface area contributed by atoms with Gasteiger partial charge in [-0.2, -0.15) is 0 Å². The summed E-state index contributed by atoms with van der Waals surface area (Å²) in [6, 6.07) is 0. The third kappa shape index (κ3) is 3.90. The summed E-state index contributed by atoms with van der Waals surface area (Å²) in [5.74, 6) is -1.37. The number of β-lactam (4-membered cyclic amide) rings is 1. The van der Waals surface area contributed by atoms with Gasteiger partial charge in [0, 0.05) is 20.0 Å². The van der Waals surface area contributed by atoms with Crippen molar-refractivity contribution in [1.29, 1.82) is 0 Å². The number of hydrogen-bond donors (Lipinski definition) is 1. The minimum Gasteiger partial charge on any atom is -0.435 e. The van der Waals surface area contributed by atoms with Crippen LogP contribution in [0.25, 0.3) is 0 Å². The Morgan fingerprint density at radius 3 is 2.89 bits per heavy atom. The Labute approximate surface area is 164 Å². The molecule has 3 heterocycles. The lowest BCUT2D eigenvalue weighted by molar-refractivity contribution is -0.172. The van der Waals surface area contributed by atoms with Gasteiger partial charge in [0.1, 0.15) is 11.1 Å². The van der Waals surface area contributed by atoms with Gasteiger partial charge in [-0.3, -0.25) is 9.59 Å². The van der Waals surface area contributed by atoms with Gasteiger partial charge in [-0.05, 0) is 23.8 Å². The second-order valence-corrected chi connectivity index (χ2v) is 7.85. The van der Waals surface area contributed by atoms with Crippen molar-refractivity contribution >= 4 is 29.8 Å². The molecule has 1 aromatic heterocycles. The predicted molar refractivity (Wildman–Crippen MR) is 92.5 cm³/mol. The number of nitrogens with zero attached hydrogens (tertiary/aromatic N) is 5. The number of rotatable bonds is 8. The smallest absolute Gasteiger partial charge is 0.435 e. The minimum absolute atomic E-state index is 0.130. The number of carbonyl (C=O) groups is 3. The lowest BCUT2D eigenvalue weighted by Gasteiger charge is -2.40. The van der Waals surface area contributed by atoms with Crippen molar-refractivity contribution in [2.45, 2.75) is 43.2 Å². The average Bonchev–Trinajstić information content (AvgIpc) is 3.27. The molecule has 3 rings (SSSR count). The summed E-state index contributed by atoms with van der Waals surface area (Å²) in [6.07, 6.45) is -0.396. The first-order chi connectivity index (χ1) is 13.4. The molecule has 0 radical (unpaired) electrons. The van der Waals surface area contributed by atoms with Crippen LogP contribution < -0.4 is 0 Å². The topological polar surface area (TPSA) is 146 Å². The summed E-state index contributed by atoms with van der Waals surface area (Å²) in [7, 11) is 0. The van der Waals surface area contributed by atoms with Crippen molar-refractivity contribution in [3.05, 3.63) is 6.33 Å². The zero-order chi connectivity index (χ0) is 20.3. The van der Waals surface area contributed by atoms with E-state index in [9.17, 15) is 19.5 Å². The van der Waals surface area contributed by atoms with Crippen LogP contribution in [0.5, 0.6) is 0 Å². The van der Waals surface area contributed by atoms with E-state index in [2.05, 4.69) is 20.3 Å². The molecular weight excluding hydrogens is 394 g/mol. The van der Waals surface area contributed by atoms with Crippen LogP contribution in [0.2, 0.25) is 0 Å². The van der Waals surface area contributed by atoms with E-state index in [-0.39, 0.29) is 37.5 Å². The number of fused-ring (bicyclic) bond motifs is 1. The molecule has 1 amide bonds. The number of aromatic nitrogens is 4. The highest BCUT2D eigenvalue weighted by molar-refractivity contribution is 8.02. The fourth-order valence-electron chi connectivity index (χ4n) is 3.12. The summed E-state index contributed by atoms with van der Waals surface area (Å²) in [4.78, 5) is 38.0. The molecule has 2 aliphatic heterocycles. The van der Waals surface area contributed by atoms with Crippen molar-refractivity contribution in [1.82, 2.24) is 25.1 Å². The van der Waals surface area contributed by atoms with Crippen LogP contribution in [0.1, 0.15) is 20.3 Å². The van der Waals surface area contributed by atoms with Crippen LogP contribution in [-0.4, -0.2) is 84.4 Å². The second kappa shape index (κ2) is 8.31. The molecule has 0 aliphatic carbocycles. The highest BCUT2D eigenvalue weighted by Crippen LogP contribution is 2.51. The van der Waals surface area contributed by atoms with Gasteiger partial charge in [-0.15, -0.1) is 16.9 Å². The third-order valence-electron chi connectivity index (χ3n) is 4.53. The Morgan fingerprint density at radius 2 is 2.25 bits per heavy atom. The lowest BCUT2D eigenvalue weighted by atomic mass is 9.96. The van der Waals surface area contributed by atoms with Crippen LogP contribution in [0, 0.1) is 5.92 Å². The molecule has 0 bridgehead atoms. The molecule has 0 saturated carbocycles. The zero-order valence-electron chi connectivity index (χ0n) is 15.4. The second-order valence-electron chi connectivity index (χ2n) is 6.35. The van der Waals surface area contributed by atoms with Crippen LogP contribution in [0.4, 0.5) is 4.79 Å². The van der Waals surface area contributed by atoms with Crippen molar-refractivity contribution in [2.75, 3.05) is 19.8 Å². The highest BCUT2D eigenvalue weighted by atomic mass is 32.2. The maximum atomic E-state index is 13.0. The summed E-state index contributed by atoms with van der Waals surface area (Å²) in [5.41, 5.74) is 0. The maximum absolute atomic E-state index is 13.0. The van der Waals surface area contributed by atoms with Crippen LogP contribution in [0.3, 0.4) is 0 Å². The standard InChI is InChI=1S/C15H21N5O7S/c1-3-25-14(24)27-9(2)26-13(23)15(4-5-19-8-16-17-18-19)7-20-11(22)10(6-21)12(20)28-15/h8-10,12,21H,3-7H2,1-2H3/t9?,10-,12+,15?/m0/s1. The average molecular weight is 415 g/mol. The number of thioether (sulfide) groups is 1. The molecule has 28 heavy (non-hydrogen) atoms. The Morgan fingerprint density at radius 1 is 1.46 bits per heavy atom. The summed E-state index contributed by atoms with van der Waals surface area (Å²) in [6.45, 7) is 3.32. The Hall–Kier alpha value is -2.41. The van der Waals surface area contributed by atoms with Gasteiger partial charge in [-0.1, -0.05) is 0 Å². The highest BCUT2D eigenvalue weighted by Gasteiger charge is 2.61. The Bertz CT molecular complexity index is 732. The van der Waals surface area contributed by atoms with E-state index in [1.165, 1.54) is 29.7 Å². The van der Waals surface area contributed by atoms with Crippen molar-refractivity contribution in [3.8, 4) is 0 Å².